The molecule has 6 nitrogen and oxygen atoms in total. The Morgan fingerprint density at radius 2 is 1.84 bits per heavy atom. The Kier molecular flexibility index (Phi) is 6.87. The lowest BCUT2D eigenvalue weighted by atomic mass is 10.0. The van der Waals surface area contributed by atoms with Crippen LogP contribution in [0.1, 0.15) is 44.6 Å². The molecular formula is C25H31N3O3. The molecule has 4 rings (SSSR count). The van der Waals surface area contributed by atoms with E-state index in [1.807, 2.05) is 36.4 Å². The highest BCUT2D eigenvalue weighted by molar-refractivity contribution is 5.99. The van der Waals surface area contributed by atoms with E-state index in [9.17, 15) is 9.59 Å². The first-order chi connectivity index (χ1) is 15.1. The Morgan fingerprint density at radius 3 is 2.65 bits per heavy atom. The van der Waals surface area contributed by atoms with Crippen LogP contribution in [0.15, 0.2) is 48.5 Å². The minimum atomic E-state index is -0.146. The monoisotopic (exact) mass is 421 g/mol. The molecule has 2 aromatic rings. The number of likely N-dealkylation sites (tertiary alicyclic amines) is 1. The van der Waals surface area contributed by atoms with E-state index in [1.165, 1.54) is 24.8 Å². The lowest BCUT2D eigenvalue weighted by Gasteiger charge is -2.33. The van der Waals surface area contributed by atoms with Crippen LogP contribution in [0.3, 0.4) is 0 Å². The van der Waals surface area contributed by atoms with Gasteiger partial charge in [-0.1, -0.05) is 30.7 Å². The number of amides is 2. The minimum absolute atomic E-state index is 0.0584. The van der Waals surface area contributed by atoms with Crippen LogP contribution in [-0.4, -0.2) is 42.5 Å². The maximum atomic E-state index is 12.7. The Bertz CT molecular complexity index is 912. The molecule has 2 aliphatic heterocycles. The number of carbonyl (C=O) groups is 2. The molecule has 2 aromatic carbocycles. The minimum Gasteiger partial charge on any atom is -0.490 e. The third-order valence-corrected chi connectivity index (χ3v) is 6.16. The molecule has 2 heterocycles. The predicted molar refractivity (Wildman–Crippen MR) is 122 cm³/mol. The van der Waals surface area contributed by atoms with Crippen molar-refractivity contribution in [1.82, 2.24) is 4.90 Å². The summed E-state index contributed by atoms with van der Waals surface area (Å²) >= 11 is 0. The number of hydrogen-bond donors (Lipinski definition) is 1. The summed E-state index contributed by atoms with van der Waals surface area (Å²) in [5.74, 6) is 0.509. The van der Waals surface area contributed by atoms with Crippen molar-refractivity contribution >= 4 is 23.2 Å². The number of carbonyl (C=O) groups excluding carboxylic acids is 2. The molecule has 1 N–H and O–H groups in total. The molecule has 1 atom stereocenters. The van der Waals surface area contributed by atoms with Crippen LogP contribution < -0.4 is 15.0 Å². The fraction of sp³-hybridized carbons (Fsp3) is 0.440. The summed E-state index contributed by atoms with van der Waals surface area (Å²) < 4.78 is 5.60. The summed E-state index contributed by atoms with van der Waals surface area (Å²) in [5, 5.41) is 2.91. The first-order valence-electron chi connectivity index (χ1n) is 11.3. The Labute approximate surface area is 184 Å². The molecule has 0 radical (unpaired) electrons. The van der Waals surface area contributed by atoms with Gasteiger partial charge in [-0.3, -0.25) is 14.5 Å². The molecule has 2 aliphatic rings. The highest BCUT2D eigenvalue weighted by Gasteiger charge is 2.23. The van der Waals surface area contributed by atoms with Crippen LogP contribution in [0.4, 0.5) is 11.4 Å². The molecule has 1 fully saturated rings. The van der Waals surface area contributed by atoms with E-state index >= 15 is 0 Å². The second-order valence-electron chi connectivity index (χ2n) is 8.42. The van der Waals surface area contributed by atoms with Crippen molar-refractivity contribution < 1.29 is 14.3 Å². The topological polar surface area (TPSA) is 61.9 Å². The van der Waals surface area contributed by atoms with Gasteiger partial charge in [-0.15, -0.1) is 0 Å². The van der Waals surface area contributed by atoms with Gasteiger partial charge in [0.15, 0.2) is 0 Å². The first-order valence-corrected chi connectivity index (χ1v) is 11.3. The van der Waals surface area contributed by atoms with Crippen molar-refractivity contribution in [2.75, 3.05) is 29.9 Å². The van der Waals surface area contributed by atoms with Crippen molar-refractivity contribution in [1.29, 1.82) is 0 Å². The number of piperidine rings is 1. The predicted octanol–water partition coefficient (Wildman–Crippen LogP) is 4.21. The largest absolute Gasteiger partial charge is 0.490 e. The highest BCUT2D eigenvalue weighted by atomic mass is 16.5. The van der Waals surface area contributed by atoms with Crippen molar-refractivity contribution in [3.8, 4) is 5.75 Å². The molecule has 0 spiro atoms. The van der Waals surface area contributed by atoms with E-state index in [2.05, 4.69) is 29.3 Å². The van der Waals surface area contributed by atoms with E-state index < -0.39 is 0 Å². The van der Waals surface area contributed by atoms with Gasteiger partial charge in [0.25, 0.3) is 0 Å². The van der Waals surface area contributed by atoms with Crippen molar-refractivity contribution in [3.05, 3.63) is 54.1 Å². The smallest absolute Gasteiger partial charge is 0.227 e. The Morgan fingerprint density at radius 1 is 1.03 bits per heavy atom. The molecule has 1 saturated heterocycles. The van der Waals surface area contributed by atoms with Crippen molar-refractivity contribution in [2.24, 2.45) is 0 Å². The summed E-state index contributed by atoms with van der Waals surface area (Å²) in [5.41, 5.74) is 2.80. The van der Waals surface area contributed by atoms with E-state index in [0.717, 1.165) is 24.5 Å². The van der Waals surface area contributed by atoms with E-state index in [-0.39, 0.29) is 24.7 Å². The second kappa shape index (κ2) is 9.96. The summed E-state index contributed by atoms with van der Waals surface area (Å²) in [6, 6.07) is 16.2. The normalized spacial score (nSPS) is 18.7. The number of nitrogens with zero attached hydrogens (tertiary/aromatic N) is 2. The standard InChI is InChI=1S/C25H31N3O3/c1-19-6-4-5-15-27(19)18-20-9-11-21(12-10-20)26-24(29)13-14-25(30)28-16-17-31-23-8-3-2-7-22(23)28/h2-3,7-12,19H,4-6,13-18H2,1H3,(H,26,29). The third kappa shape index (κ3) is 5.44. The van der Waals surface area contributed by atoms with Crippen LogP contribution >= 0.6 is 0 Å². The quantitative estimate of drug-likeness (QED) is 0.759. The molecular weight excluding hydrogens is 390 g/mol. The maximum Gasteiger partial charge on any atom is 0.227 e. The number of hydrogen-bond acceptors (Lipinski definition) is 4. The zero-order chi connectivity index (χ0) is 21.6. The fourth-order valence-electron chi connectivity index (χ4n) is 4.33. The molecule has 6 heteroatoms. The summed E-state index contributed by atoms with van der Waals surface area (Å²) in [6.45, 7) is 5.38. The Hall–Kier alpha value is -2.86. The van der Waals surface area contributed by atoms with Gasteiger partial charge in [-0.25, -0.2) is 0 Å². The SMILES string of the molecule is CC1CCCCN1Cc1ccc(NC(=O)CCC(=O)N2CCOc3ccccc32)cc1. The van der Waals surface area contributed by atoms with Crippen LogP contribution in [-0.2, 0) is 16.1 Å². The Balaban J connectivity index is 1.26. The van der Waals surface area contributed by atoms with Crippen molar-refractivity contribution in [3.63, 3.8) is 0 Å². The molecule has 0 aromatic heterocycles. The van der Waals surface area contributed by atoms with Gasteiger partial charge in [0.05, 0.1) is 12.2 Å². The van der Waals surface area contributed by atoms with Gasteiger partial charge >= 0.3 is 0 Å². The van der Waals surface area contributed by atoms with Crippen LogP contribution in [0, 0.1) is 0 Å². The third-order valence-electron chi connectivity index (χ3n) is 6.16. The van der Waals surface area contributed by atoms with Gasteiger partial charge in [0, 0.05) is 31.1 Å². The lowest BCUT2D eigenvalue weighted by Crippen LogP contribution is -2.38. The number of para-hydroxylation sites is 2. The summed E-state index contributed by atoms with van der Waals surface area (Å²) in [7, 11) is 0. The number of fused-ring (bicyclic) bond motifs is 1. The molecule has 31 heavy (non-hydrogen) atoms. The van der Waals surface area contributed by atoms with Gasteiger partial charge in [0.1, 0.15) is 12.4 Å². The van der Waals surface area contributed by atoms with Crippen LogP contribution in [0.5, 0.6) is 5.75 Å². The molecule has 2 amide bonds. The zero-order valence-corrected chi connectivity index (χ0v) is 18.2. The maximum absolute atomic E-state index is 12.7. The van der Waals surface area contributed by atoms with Crippen LogP contribution in [0.2, 0.25) is 0 Å². The molecule has 0 aliphatic carbocycles. The van der Waals surface area contributed by atoms with Gasteiger partial charge in [-0.2, -0.15) is 0 Å². The first kappa shape index (κ1) is 21.4. The molecule has 0 bridgehead atoms. The number of anilines is 2. The fourth-order valence-corrected chi connectivity index (χ4v) is 4.33. The van der Waals surface area contributed by atoms with Gasteiger partial charge in [-0.05, 0) is 56.1 Å². The van der Waals surface area contributed by atoms with Crippen LogP contribution in [0.25, 0.3) is 0 Å². The van der Waals surface area contributed by atoms with Crippen molar-refractivity contribution in [2.45, 2.75) is 51.6 Å². The summed E-state index contributed by atoms with van der Waals surface area (Å²) in [4.78, 5) is 29.3. The number of rotatable bonds is 6. The average Bonchev–Trinajstić information content (AvgIpc) is 2.80. The molecule has 164 valence electrons. The average molecular weight is 422 g/mol. The van der Waals surface area contributed by atoms with E-state index in [1.54, 1.807) is 4.90 Å². The molecule has 1 unspecified atom stereocenters. The number of ether oxygens (including phenoxy) is 1. The number of nitrogens with one attached hydrogen (secondary N) is 1. The summed E-state index contributed by atoms with van der Waals surface area (Å²) in [6.07, 6.45) is 4.19. The number of benzene rings is 2. The van der Waals surface area contributed by atoms with E-state index in [4.69, 9.17) is 4.74 Å². The van der Waals surface area contributed by atoms with Gasteiger partial charge < -0.3 is 15.0 Å². The highest BCUT2D eigenvalue weighted by Crippen LogP contribution is 2.31. The molecule has 0 saturated carbocycles. The van der Waals surface area contributed by atoms with Gasteiger partial charge in [0.2, 0.25) is 11.8 Å². The lowest BCUT2D eigenvalue weighted by molar-refractivity contribution is -0.122. The second-order valence-corrected chi connectivity index (χ2v) is 8.42. The zero-order valence-electron chi connectivity index (χ0n) is 18.2. The van der Waals surface area contributed by atoms with E-state index in [0.29, 0.717) is 24.9 Å².